The van der Waals surface area contributed by atoms with E-state index in [0.717, 1.165) is 12.1 Å². The highest BCUT2D eigenvalue weighted by Gasteiger charge is 2.41. The van der Waals surface area contributed by atoms with Crippen LogP contribution in [-0.2, 0) is 6.18 Å². The first-order valence-electron chi connectivity index (χ1n) is 11.6. The van der Waals surface area contributed by atoms with E-state index in [9.17, 15) is 23.1 Å². The number of ether oxygens (including phenoxy) is 1. The second-order valence-corrected chi connectivity index (χ2v) is 9.22. The minimum Gasteiger partial charge on any atom is -0.475 e. The highest BCUT2D eigenvalue weighted by atomic mass is 35.5. The smallest absolute Gasteiger partial charge is 0.416 e. The Morgan fingerprint density at radius 3 is 2.79 bits per heavy atom. The van der Waals surface area contributed by atoms with Crippen LogP contribution in [0.25, 0.3) is 11.3 Å². The van der Waals surface area contributed by atoms with Crippen LogP contribution in [0.15, 0.2) is 42.7 Å². The molecule has 2 aliphatic heterocycles. The molecule has 2 amide bonds. The fourth-order valence-corrected chi connectivity index (χ4v) is 4.68. The zero-order valence-corrected chi connectivity index (χ0v) is 21.7. The van der Waals surface area contributed by atoms with Gasteiger partial charge in [-0.25, -0.2) is 19.7 Å². The molecule has 0 unspecified atom stereocenters. The number of carbonyl (C=O) groups is 1. The van der Waals surface area contributed by atoms with Crippen LogP contribution in [-0.4, -0.2) is 69.6 Å². The van der Waals surface area contributed by atoms with Gasteiger partial charge in [0.25, 0.3) is 0 Å². The maximum absolute atomic E-state index is 13.5. The third kappa shape index (κ3) is 5.96. The van der Waals surface area contributed by atoms with Gasteiger partial charge in [0, 0.05) is 24.7 Å². The Hall–Kier alpha value is -3.39. The average molecular weight is 587 g/mol. The Morgan fingerprint density at radius 2 is 2.05 bits per heavy atom. The number of fused-ring (bicyclic) bond motifs is 4. The average Bonchev–Trinajstić information content (AvgIpc) is 3.31. The number of hydrogen-bond donors (Lipinski definition) is 3. The molecule has 0 aliphatic carbocycles. The largest absolute Gasteiger partial charge is 0.475 e. The molecule has 4 heterocycles. The lowest BCUT2D eigenvalue weighted by Gasteiger charge is -2.36. The maximum atomic E-state index is 13.5. The summed E-state index contributed by atoms with van der Waals surface area (Å²) in [6.07, 6.45) is -3.81. The van der Waals surface area contributed by atoms with Gasteiger partial charge in [-0.05, 0) is 24.6 Å². The lowest BCUT2D eigenvalue weighted by molar-refractivity contribution is -0.137. The number of nitrogens with one attached hydrogen (secondary N) is 1. The van der Waals surface area contributed by atoms with E-state index in [-0.39, 0.29) is 58.9 Å². The van der Waals surface area contributed by atoms with E-state index in [2.05, 4.69) is 20.3 Å². The van der Waals surface area contributed by atoms with Gasteiger partial charge in [0.15, 0.2) is 5.82 Å². The zero-order valence-electron chi connectivity index (χ0n) is 20.1. The second kappa shape index (κ2) is 11.4. The fraction of sp³-hybridized carbons (Fsp3) is 0.333. The number of aliphatic hydroxyl groups is 2. The molecule has 0 saturated carbocycles. The molecule has 15 heteroatoms. The van der Waals surface area contributed by atoms with Crippen LogP contribution < -0.4 is 19.9 Å². The Labute approximate surface area is 231 Å². The zero-order chi connectivity index (χ0) is 27.0. The van der Waals surface area contributed by atoms with Gasteiger partial charge in [-0.1, -0.05) is 23.7 Å². The number of carbonyl (C=O) groups excluding carboxylic acids is 1. The summed E-state index contributed by atoms with van der Waals surface area (Å²) in [4.78, 5) is 29.5. The molecule has 2 aromatic heterocycles. The fourth-order valence-electron chi connectivity index (χ4n) is 4.42. The molecule has 208 valence electrons. The van der Waals surface area contributed by atoms with Crippen molar-refractivity contribution in [2.45, 2.75) is 24.7 Å². The molecule has 2 aliphatic rings. The van der Waals surface area contributed by atoms with Crippen molar-refractivity contribution in [1.29, 1.82) is 0 Å². The highest BCUT2D eigenvalue weighted by Crippen LogP contribution is 2.43. The van der Waals surface area contributed by atoms with Crippen molar-refractivity contribution in [1.82, 2.24) is 15.0 Å². The first-order chi connectivity index (χ1) is 18.1. The predicted octanol–water partition coefficient (Wildman–Crippen LogP) is 4.00. The number of aliphatic hydroxyl groups excluding tert-OH is 2. The van der Waals surface area contributed by atoms with Crippen molar-refractivity contribution in [3.63, 3.8) is 0 Å². The van der Waals surface area contributed by atoms with Crippen LogP contribution in [0.3, 0.4) is 0 Å². The predicted molar refractivity (Wildman–Crippen MR) is 140 cm³/mol. The molecule has 0 spiro atoms. The summed E-state index contributed by atoms with van der Waals surface area (Å²) < 4.78 is 45.2. The number of halogens is 5. The normalized spacial score (nSPS) is 16.8. The summed E-state index contributed by atoms with van der Waals surface area (Å²) in [6.45, 7) is 0.502. The number of nitrogens with zero attached hydrogens (tertiary/aromatic N) is 5. The highest BCUT2D eigenvalue weighted by molar-refractivity contribution is 6.33. The van der Waals surface area contributed by atoms with Gasteiger partial charge in [-0.2, -0.15) is 13.2 Å². The minimum atomic E-state index is -4.54. The van der Waals surface area contributed by atoms with Gasteiger partial charge < -0.3 is 19.8 Å². The second-order valence-electron chi connectivity index (χ2n) is 8.82. The van der Waals surface area contributed by atoms with Crippen molar-refractivity contribution >= 4 is 47.4 Å². The Balaban J connectivity index is 0.00000353. The van der Waals surface area contributed by atoms with Gasteiger partial charge in [0.2, 0.25) is 5.88 Å². The summed E-state index contributed by atoms with van der Waals surface area (Å²) in [7, 11) is 0. The maximum Gasteiger partial charge on any atom is 0.416 e. The molecule has 2 bridgehead atoms. The van der Waals surface area contributed by atoms with Crippen molar-refractivity contribution in [3.8, 4) is 17.1 Å². The third-order valence-corrected chi connectivity index (χ3v) is 6.52. The van der Waals surface area contributed by atoms with Gasteiger partial charge in [0.05, 0.1) is 34.6 Å². The topological polar surface area (TPSA) is 124 Å². The minimum absolute atomic E-state index is 0. The van der Waals surface area contributed by atoms with Crippen molar-refractivity contribution < 1.29 is 32.9 Å². The standard InChI is InChI=1S/C24H22ClF3N6O4.ClH/c25-17-7-18-22(32-21(17)13-2-1-3-14(6-13)24(26,27)28)34(15-4-5-33(18)9-15)23(37)31-19-8-20(30-12-29-19)38-11-16(36)10-35;/h1-3,6-8,12,15-16,35-36H,4-5,9-11H2,(H,29,30,31,37);1H/t15-,16-;/m0./s1. The molecular formula is C24H23Cl2F3N6O4. The molecule has 1 aromatic carbocycles. The number of alkyl halides is 3. The van der Waals surface area contributed by atoms with Gasteiger partial charge in [-0.3, -0.25) is 10.2 Å². The Morgan fingerprint density at radius 1 is 1.26 bits per heavy atom. The van der Waals surface area contributed by atoms with Crippen LogP contribution >= 0.6 is 24.0 Å². The number of benzene rings is 1. The number of amides is 2. The van der Waals surface area contributed by atoms with Gasteiger partial charge in [-0.15, -0.1) is 12.4 Å². The molecular weight excluding hydrogens is 564 g/mol. The molecule has 0 radical (unpaired) electrons. The van der Waals surface area contributed by atoms with Crippen LogP contribution in [0.5, 0.6) is 5.88 Å². The molecule has 5 rings (SSSR count). The van der Waals surface area contributed by atoms with E-state index in [0.29, 0.717) is 25.2 Å². The summed E-state index contributed by atoms with van der Waals surface area (Å²) in [5.41, 5.74) is 0.0529. The molecule has 39 heavy (non-hydrogen) atoms. The van der Waals surface area contributed by atoms with Crippen LogP contribution in [0.1, 0.15) is 12.0 Å². The molecule has 10 nitrogen and oxygen atoms in total. The number of hydrogen-bond acceptors (Lipinski definition) is 8. The monoisotopic (exact) mass is 586 g/mol. The van der Waals surface area contributed by atoms with E-state index in [1.165, 1.54) is 29.4 Å². The Bertz CT molecular complexity index is 1370. The first kappa shape index (κ1) is 28.6. The van der Waals surface area contributed by atoms with Crippen LogP contribution in [0.2, 0.25) is 5.02 Å². The van der Waals surface area contributed by atoms with Crippen molar-refractivity contribution in [3.05, 3.63) is 53.3 Å². The van der Waals surface area contributed by atoms with Crippen LogP contribution in [0.4, 0.5) is 35.3 Å². The van der Waals surface area contributed by atoms with Crippen molar-refractivity contribution in [2.24, 2.45) is 0 Å². The number of pyridine rings is 1. The Kier molecular flexibility index (Phi) is 8.35. The van der Waals surface area contributed by atoms with E-state index in [1.807, 2.05) is 4.90 Å². The van der Waals surface area contributed by atoms with E-state index in [1.54, 1.807) is 6.07 Å². The van der Waals surface area contributed by atoms with Gasteiger partial charge >= 0.3 is 12.2 Å². The molecule has 3 aromatic rings. The third-order valence-electron chi connectivity index (χ3n) is 6.23. The summed E-state index contributed by atoms with van der Waals surface area (Å²) >= 11 is 6.48. The number of aromatic nitrogens is 3. The molecule has 2 atom stereocenters. The summed E-state index contributed by atoms with van der Waals surface area (Å²) in [5, 5.41) is 21.2. The molecule has 3 N–H and O–H groups in total. The van der Waals surface area contributed by atoms with Crippen molar-refractivity contribution in [2.75, 3.05) is 41.4 Å². The van der Waals surface area contributed by atoms with E-state index < -0.39 is 30.5 Å². The summed E-state index contributed by atoms with van der Waals surface area (Å²) in [5.74, 6) is 0.461. The number of urea groups is 1. The SMILES string of the molecule is Cl.O=C(Nc1cc(OC[C@@H](O)CO)ncn1)N1c2nc(-c3cccc(C(F)(F)F)c3)c(Cl)cc2N2CC[C@H]1C2. The molecule has 1 fully saturated rings. The lowest BCUT2D eigenvalue weighted by Crippen LogP contribution is -2.48. The lowest BCUT2D eigenvalue weighted by atomic mass is 10.1. The summed E-state index contributed by atoms with van der Waals surface area (Å²) in [6, 6.07) is 6.88. The van der Waals surface area contributed by atoms with Gasteiger partial charge in [0.1, 0.15) is 24.9 Å². The van der Waals surface area contributed by atoms with E-state index in [4.69, 9.17) is 21.4 Å². The molecule has 1 saturated heterocycles. The number of anilines is 3. The first-order valence-corrected chi connectivity index (χ1v) is 12.0. The number of rotatable bonds is 6. The quantitative estimate of drug-likeness (QED) is 0.396. The van der Waals surface area contributed by atoms with Crippen LogP contribution in [0, 0.1) is 0 Å². The van der Waals surface area contributed by atoms with E-state index >= 15 is 0 Å².